The van der Waals surface area contributed by atoms with Crippen molar-refractivity contribution in [3.63, 3.8) is 0 Å². The maximum atomic E-state index is 4.73. The lowest BCUT2D eigenvalue weighted by molar-refractivity contribution is 0.601. The molecule has 0 fully saturated rings. The van der Waals surface area contributed by atoms with Gasteiger partial charge in [0, 0.05) is 36.7 Å². The number of fused-ring (bicyclic) bond motifs is 1. The third-order valence-corrected chi connectivity index (χ3v) is 4.02. The highest BCUT2D eigenvalue weighted by atomic mass is 32.2. The zero-order valence-electron chi connectivity index (χ0n) is 12.9. The van der Waals surface area contributed by atoms with Crippen molar-refractivity contribution in [1.82, 2.24) is 24.7 Å². The Morgan fingerprint density at radius 2 is 1.95 bits per heavy atom. The Balaban J connectivity index is 2.01. The van der Waals surface area contributed by atoms with Gasteiger partial charge in [0.05, 0.1) is 11.0 Å². The number of nitrogens with zero attached hydrogens (tertiary/aromatic N) is 5. The second kappa shape index (κ2) is 6.87. The first-order valence-corrected chi connectivity index (χ1v) is 8.85. The van der Waals surface area contributed by atoms with E-state index in [1.165, 1.54) is 0 Å². The van der Waals surface area contributed by atoms with E-state index >= 15 is 0 Å². The van der Waals surface area contributed by atoms with Crippen molar-refractivity contribution in [2.24, 2.45) is 0 Å². The Hall–Kier alpha value is -1.95. The lowest BCUT2D eigenvalue weighted by Crippen LogP contribution is -2.02. The molecule has 0 N–H and O–H groups in total. The third kappa shape index (κ3) is 3.11. The molecular formula is C16H19N5S. The number of aryl methyl sites for hydroxylation is 2. The van der Waals surface area contributed by atoms with Crippen LogP contribution in [0, 0.1) is 0 Å². The highest BCUT2D eigenvalue weighted by molar-refractivity contribution is 7.98. The molecule has 6 heteroatoms. The van der Waals surface area contributed by atoms with E-state index in [0.29, 0.717) is 0 Å². The summed E-state index contributed by atoms with van der Waals surface area (Å²) < 4.78 is 2.01. The van der Waals surface area contributed by atoms with Crippen LogP contribution in [0.3, 0.4) is 0 Å². The molecule has 5 nitrogen and oxygen atoms in total. The van der Waals surface area contributed by atoms with Gasteiger partial charge in [0.2, 0.25) is 0 Å². The molecule has 114 valence electrons. The molecule has 22 heavy (non-hydrogen) atoms. The van der Waals surface area contributed by atoms with Crippen LogP contribution in [0.15, 0.2) is 30.6 Å². The average molecular weight is 313 g/mol. The van der Waals surface area contributed by atoms with Crippen molar-refractivity contribution in [1.29, 1.82) is 0 Å². The van der Waals surface area contributed by atoms with Crippen molar-refractivity contribution < 1.29 is 0 Å². The standard InChI is InChI=1S/C16H19N5S/c1-3-9-21-16(19-15(20-21)6-10-22-2)12-4-5-13-14(11-12)18-8-7-17-13/h4-5,7-8,11H,3,6,9-10H2,1-2H3. The van der Waals surface area contributed by atoms with Gasteiger partial charge in [-0.15, -0.1) is 0 Å². The fourth-order valence-corrected chi connectivity index (χ4v) is 2.76. The molecule has 0 aliphatic rings. The summed E-state index contributed by atoms with van der Waals surface area (Å²) in [5, 5.41) is 4.65. The smallest absolute Gasteiger partial charge is 0.158 e. The van der Waals surface area contributed by atoms with E-state index in [9.17, 15) is 0 Å². The summed E-state index contributed by atoms with van der Waals surface area (Å²) in [6, 6.07) is 6.08. The van der Waals surface area contributed by atoms with Gasteiger partial charge in [-0.25, -0.2) is 9.67 Å². The van der Waals surface area contributed by atoms with Crippen LogP contribution in [0.25, 0.3) is 22.4 Å². The number of aromatic nitrogens is 5. The first-order chi connectivity index (χ1) is 10.8. The van der Waals surface area contributed by atoms with Crippen LogP contribution in [-0.4, -0.2) is 36.7 Å². The van der Waals surface area contributed by atoms with Crippen molar-refractivity contribution in [2.75, 3.05) is 12.0 Å². The van der Waals surface area contributed by atoms with E-state index < -0.39 is 0 Å². The summed E-state index contributed by atoms with van der Waals surface area (Å²) in [7, 11) is 0. The second-order valence-corrected chi connectivity index (χ2v) is 6.06. The van der Waals surface area contributed by atoms with Gasteiger partial charge >= 0.3 is 0 Å². The quantitative estimate of drug-likeness (QED) is 0.699. The van der Waals surface area contributed by atoms with Gasteiger partial charge in [0.25, 0.3) is 0 Å². The summed E-state index contributed by atoms with van der Waals surface area (Å²) in [5.74, 6) is 2.88. The second-order valence-electron chi connectivity index (χ2n) is 5.08. The molecule has 0 aliphatic carbocycles. The molecule has 3 rings (SSSR count). The summed E-state index contributed by atoms with van der Waals surface area (Å²) in [4.78, 5) is 13.4. The van der Waals surface area contributed by atoms with Crippen LogP contribution in [-0.2, 0) is 13.0 Å². The first-order valence-electron chi connectivity index (χ1n) is 7.45. The molecule has 0 bridgehead atoms. The number of hydrogen-bond acceptors (Lipinski definition) is 5. The zero-order valence-corrected chi connectivity index (χ0v) is 13.7. The topological polar surface area (TPSA) is 56.5 Å². The van der Waals surface area contributed by atoms with Crippen molar-refractivity contribution in [3.05, 3.63) is 36.4 Å². The maximum Gasteiger partial charge on any atom is 0.158 e. The van der Waals surface area contributed by atoms with Crippen molar-refractivity contribution in [2.45, 2.75) is 26.3 Å². The fraction of sp³-hybridized carbons (Fsp3) is 0.375. The molecule has 0 atom stereocenters. The Kier molecular flexibility index (Phi) is 4.68. The predicted molar refractivity (Wildman–Crippen MR) is 90.9 cm³/mol. The van der Waals surface area contributed by atoms with Crippen LogP contribution in [0.1, 0.15) is 19.2 Å². The summed E-state index contributed by atoms with van der Waals surface area (Å²) in [6.45, 7) is 3.03. The van der Waals surface area contributed by atoms with E-state index in [4.69, 9.17) is 4.98 Å². The molecule has 0 spiro atoms. The molecule has 1 aromatic carbocycles. The van der Waals surface area contributed by atoms with Gasteiger partial charge in [0.15, 0.2) is 11.6 Å². The molecule has 0 radical (unpaired) electrons. The van der Waals surface area contributed by atoms with Crippen LogP contribution >= 0.6 is 11.8 Å². The third-order valence-electron chi connectivity index (χ3n) is 3.41. The van der Waals surface area contributed by atoms with E-state index in [1.807, 2.05) is 34.6 Å². The molecule has 0 saturated carbocycles. The maximum absolute atomic E-state index is 4.73. The van der Waals surface area contributed by atoms with E-state index in [0.717, 1.165) is 53.4 Å². The van der Waals surface area contributed by atoms with Gasteiger partial charge < -0.3 is 0 Å². The molecule has 0 unspecified atom stereocenters. The van der Waals surface area contributed by atoms with Gasteiger partial charge in [-0.05, 0) is 30.9 Å². The Morgan fingerprint density at radius 3 is 2.73 bits per heavy atom. The van der Waals surface area contributed by atoms with Crippen LogP contribution in [0.2, 0.25) is 0 Å². The van der Waals surface area contributed by atoms with Gasteiger partial charge in [-0.2, -0.15) is 16.9 Å². The lowest BCUT2D eigenvalue weighted by Gasteiger charge is -2.05. The molecule has 2 heterocycles. The summed E-state index contributed by atoms with van der Waals surface area (Å²) in [5.41, 5.74) is 2.83. The van der Waals surface area contributed by atoms with Crippen molar-refractivity contribution in [3.8, 4) is 11.4 Å². The molecule has 0 saturated heterocycles. The molecular weight excluding hydrogens is 294 g/mol. The highest BCUT2D eigenvalue weighted by Crippen LogP contribution is 2.22. The number of hydrogen-bond donors (Lipinski definition) is 0. The molecule has 2 aromatic heterocycles. The van der Waals surface area contributed by atoms with Gasteiger partial charge in [-0.1, -0.05) is 6.92 Å². The van der Waals surface area contributed by atoms with E-state index in [-0.39, 0.29) is 0 Å². The van der Waals surface area contributed by atoms with Gasteiger partial charge in [-0.3, -0.25) is 9.97 Å². The highest BCUT2D eigenvalue weighted by Gasteiger charge is 2.12. The van der Waals surface area contributed by atoms with Crippen molar-refractivity contribution >= 4 is 22.8 Å². The number of rotatable bonds is 6. The molecule has 3 aromatic rings. The monoisotopic (exact) mass is 313 g/mol. The zero-order chi connectivity index (χ0) is 15.4. The van der Waals surface area contributed by atoms with E-state index in [1.54, 1.807) is 12.4 Å². The van der Waals surface area contributed by atoms with Gasteiger partial charge in [0.1, 0.15) is 0 Å². The lowest BCUT2D eigenvalue weighted by atomic mass is 10.2. The normalized spacial score (nSPS) is 11.2. The average Bonchev–Trinajstić information content (AvgIpc) is 2.96. The predicted octanol–water partition coefficient (Wildman–Crippen LogP) is 3.20. The largest absolute Gasteiger partial charge is 0.253 e. The fourth-order valence-electron chi connectivity index (χ4n) is 2.37. The van der Waals surface area contributed by atoms with Crippen LogP contribution in [0.5, 0.6) is 0 Å². The Morgan fingerprint density at radius 1 is 1.14 bits per heavy atom. The summed E-state index contributed by atoms with van der Waals surface area (Å²) >= 11 is 1.82. The van der Waals surface area contributed by atoms with Crippen LogP contribution in [0.4, 0.5) is 0 Å². The number of thioether (sulfide) groups is 1. The minimum Gasteiger partial charge on any atom is -0.253 e. The minimum atomic E-state index is 0.875. The van der Waals surface area contributed by atoms with Crippen LogP contribution < -0.4 is 0 Å². The minimum absolute atomic E-state index is 0.875. The SMILES string of the molecule is CCCn1nc(CCSC)nc1-c1ccc2nccnc2c1. The molecule has 0 amide bonds. The Labute approximate surface area is 134 Å². The summed E-state index contributed by atoms with van der Waals surface area (Å²) in [6.07, 6.45) is 7.46. The number of benzene rings is 1. The molecule has 0 aliphatic heterocycles. The first kappa shape index (κ1) is 15.0. The van der Waals surface area contributed by atoms with E-state index in [2.05, 4.69) is 28.2 Å². The Bertz CT molecular complexity index is 768.